The molecule has 0 fully saturated rings. The third-order valence-corrected chi connectivity index (χ3v) is 11.7. The molecule has 0 heterocycles. The molecule has 0 saturated heterocycles. The monoisotopic (exact) mass is 770 g/mol. The van der Waals surface area contributed by atoms with Crippen LogP contribution >= 0.6 is 11.4 Å². The average molecular weight is 772 g/mol. The first-order valence-electron chi connectivity index (χ1n) is 17.3. The van der Waals surface area contributed by atoms with E-state index in [4.69, 9.17) is 66.2 Å². The normalized spacial score (nSPS) is 17.0. The van der Waals surface area contributed by atoms with Crippen LogP contribution in [0.1, 0.15) is 184 Å². The molecule has 0 aliphatic heterocycles. The fourth-order valence-electron chi connectivity index (χ4n) is 4.59. The van der Waals surface area contributed by atoms with Crippen molar-refractivity contribution in [3.05, 3.63) is 0 Å². The fraction of sp³-hybridized carbons (Fsp3) is 1.00. The largest absolute Gasteiger partial charge is 2.00 e. The summed E-state index contributed by atoms with van der Waals surface area (Å²) in [7, 11) is 0. The molecule has 0 aliphatic carbocycles. The van der Waals surface area contributed by atoms with E-state index in [1.165, 1.54) is 77.0 Å². The van der Waals surface area contributed by atoms with E-state index in [9.17, 15) is 0 Å². The van der Waals surface area contributed by atoms with E-state index in [0.29, 0.717) is 0 Å². The number of hydrogen-bond acceptors (Lipinski definition) is 8. The Hall–Kier alpha value is 2.46. The minimum Gasteiger partial charge on any atom is -0.691 e. The van der Waals surface area contributed by atoms with Crippen molar-refractivity contribution in [3.8, 4) is 0 Å². The van der Waals surface area contributed by atoms with E-state index < -0.39 is 11.4 Å². The minimum atomic E-state index is -2.52. The van der Waals surface area contributed by atoms with Crippen molar-refractivity contribution in [2.75, 3.05) is 0 Å². The molecular weight excluding hydrogens is 704 g/mol. The van der Waals surface area contributed by atoms with Crippen LogP contribution in [0.2, 0.25) is 0 Å². The van der Waals surface area contributed by atoms with Gasteiger partial charge in [0.15, 0.2) is 0 Å². The maximum absolute atomic E-state index is 5.99. The van der Waals surface area contributed by atoms with Gasteiger partial charge in [0.2, 0.25) is 0 Å². The van der Waals surface area contributed by atoms with Gasteiger partial charge in [-0.3, -0.25) is 0 Å². The Balaban J connectivity index is -0.000000727. The third-order valence-electron chi connectivity index (χ3n) is 7.45. The van der Waals surface area contributed by atoms with Gasteiger partial charge in [-0.2, -0.15) is 0 Å². The Morgan fingerprint density at radius 2 is 0.605 bits per heavy atom. The molecule has 0 aromatic carbocycles. The molecule has 0 aromatic rings. The first kappa shape index (κ1) is 49.8. The van der Waals surface area contributed by atoms with E-state index in [1.807, 2.05) is 0 Å². The molecule has 0 rings (SSSR count). The van der Waals surface area contributed by atoms with Crippen molar-refractivity contribution in [2.24, 2.45) is 0 Å². The van der Waals surface area contributed by atoms with Crippen molar-refractivity contribution in [2.45, 2.75) is 208 Å². The molecule has 0 aromatic heterocycles. The predicted octanol–water partition coefficient (Wildman–Crippen LogP) is 13.0. The van der Waals surface area contributed by atoms with E-state index in [-0.39, 0.29) is 43.9 Å². The van der Waals surface area contributed by atoms with Gasteiger partial charge in [0.05, 0.1) is 35.8 Å². The average Bonchev–Trinajstić information content (AvgIpc) is 2.95. The van der Waals surface area contributed by atoms with E-state index in [1.54, 1.807) is 0 Å². The molecule has 0 amide bonds. The summed E-state index contributed by atoms with van der Waals surface area (Å²) in [5, 5.41) is 0. The van der Waals surface area contributed by atoms with Crippen molar-refractivity contribution in [1.82, 2.24) is 0 Å². The maximum atomic E-state index is 5.99. The van der Waals surface area contributed by atoms with Crippen LogP contribution < -0.4 is 0 Å². The molecular formula is C32H68O4P2S4Zn. The molecule has 0 bridgehead atoms. The van der Waals surface area contributed by atoms with Crippen molar-refractivity contribution < 1.29 is 37.6 Å². The second-order valence-corrected chi connectivity index (χ2v) is 21.2. The molecule has 0 saturated carbocycles. The van der Waals surface area contributed by atoms with Gasteiger partial charge in [0, 0.05) is 0 Å². The fourth-order valence-corrected chi connectivity index (χ4v) is 10.1. The Bertz CT molecular complexity index is 590. The van der Waals surface area contributed by atoms with Gasteiger partial charge in [-0.15, -0.1) is 0 Å². The molecule has 4 atom stereocenters. The molecule has 256 valence electrons. The predicted molar refractivity (Wildman–Crippen MR) is 201 cm³/mol. The summed E-state index contributed by atoms with van der Waals surface area (Å²) in [6.45, 7) is 17.4. The third kappa shape index (κ3) is 31.5. The standard InChI is InChI=1S/2C16H35O2PS2.Zn/c2*1-5-9-11-13-15(7-3)17-19(20,21)18-16(8-4)14-12-10-6-2;/h2*15-16H,5-14H2,1-4H3,(H,20,21);/q;;+2/p-2. The van der Waals surface area contributed by atoms with Crippen molar-refractivity contribution in [1.29, 1.82) is 0 Å². The minimum absolute atomic E-state index is 0. The number of rotatable bonds is 28. The second-order valence-electron chi connectivity index (χ2n) is 11.4. The summed E-state index contributed by atoms with van der Waals surface area (Å²) in [6, 6.07) is 0. The van der Waals surface area contributed by atoms with Crippen LogP contribution in [-0.2, 0) is 85.7 Å². The van der Waals surface area contributed by atoms with Gasteiger partial charge in [-0.25, -0.2) is 0 Å². The Kier molecular flexibility index (Phi) is 38.2. The van der Waals surface area contributed by atoms with Crippen LogP contribution in [0.3, 0.4) is 0 Å². The second kappa shape index (κ2) is 33.0. The summed E-state index contributed by atoms with van der Waals surface area (Å²) >= 11 is 21.9. The Morgan fingerprint density at radius 3 is 0.744 bits per heavy atom. The Morgan fingerprint density at radius 1 is 0.419 bits per heavy atom. The van der Waals surface area contributed by atoms with Gasteiger partial charge in [-0.1, -0.05) is 156 Å². The van der Waals surface area contributed by atoms with Crippen LogP contribution in [0.5, 0.6) is 0 Å². The first-order valence-corrected chi connectivity index (χ1v) is 24.6. The molecule has 0 N–H and O–H groups in total. The van der Waals surface area contributed by atoms with Crippen LogP contribution in [0.4, 0.5) is 0 Å². The molecule has 43 heavy (non-hydrogen) atoms. The maximum Gasteiger partial charge on any atom is 2.00 e. The smallest absolute Gasteiger partial charge is 0.691 e. The van der Waals surface area contributed by atoms with Gasteiger partial charge in [0.25, 0.3) is 0 Å². The van der Waals surface area contributed by atoms with Crippen LogP contribution in [-0.4, -0.2) is 24.4 Å². The number of hydrogen-bond donors (Lipinski definition) is 0. The summed E-state index contributed by atoms with van der Waals surface area (Å²) in [4.78, 5) is 0. The SMILES string of the molecule is CCCCCC(CC)OP(=S)([S-])OC(CC)CCCCC.CCCCCC(CC)OP(=S)([S-])OC(CC)CCCCC.[Zn+2]. The molecule has 0 radical (unpaired) electrons. The van der Waals surface area contributed by atoms with Gasteiger partial charge < -0.3 is 42.6 Å². The molecule has 11 heteroatoms. The summed E-state index contributed by atoms with van der Waals surface area (Å²) < 4.78 is 24.0. The van der Waals surface area contributed by atoms with Crippen LogP contribution in [0, 0.1) is 0 Å². The summed E-state index contributed by atoms with van der Waals surface area (Å²) in [5.74, 6) is 0. The number of unbranched alkanes of at least 4 members (excludes halogenated alkanes) is 8. The molecule has 0 spiro atoms. The van der Waals surface area contributed by atoms with Gasteiger partial charge in [0.1, 0.15) is 0 Å². The summed E-state index contributed by atoms with van der Waals surface area (Å²) in [5.41, 5.74) is -5.04. The van der Waals surface area contributed by atoms with Crippen molar-refractivity contribution >= 4 is 59.5 Å². The summed E-state index contributed by atoms with van der Waals surface area (Å²) in [6.07, 6.45) is 23.4. The first-order chi connectivity index (χ1) is 20.0. The van der Waals surface area contributed by atoms with Crippen LogP contribution in [0.25, 0.3) is 0 Å². The van der Waals surface area contributed by atoms with E-state index in [2.05, 4.69) is 55.4 Å². The zero-order valence-electron chi connectivity index (χ0n) is 29.3. The van der Waals surface area contributed by atoms with Gasteiger partial charge in [-0.05, 0) is 51.4 Å². The van der Waals surface area contributed by atoms with E-state index >= 15 is 0 Å². The van der Waals surface area contributed by atoms with E-state index in [0.717, 1.165) is 51.4 Å². The topological polar surface area (TPSA) is 36.9 Å². The molecule has 4 unspecified atom stereocenters. The molecule has 0 aliphatic rings. The zero-order valence-corrected chi connectivity index (χ0v) is 37.3. The zero-order chi connectivity index (χ0) is 32.3. The van der Waals surface area contributed by atoms with Crippen molar-refractivity contribution in [3.63, 3.8) is 0 Å². The quantitative estimate of drug-likeness (QED) is 0.0337. The molecule has 4 nitrogen and oxygen atoms in total. The van der Waals surface area contributed by atoms with Crippen LogP contribution in [0.15, 0.2) is 0 Å². The Labute approximate surface area is 303 Å². The van der Waals surface area contributed by atoms with Gasteiger partial charge >= 0.3 is 19.5 Å².